The molecular weight excluding hydrogens is 288 g/mol. The summed E-state index contributed by atoms with van der Waals surface area (Å²) in [7, 11) is 2.13. The third-order valence-corrected chi connectivity index (χ3v) is 5.09. The lowest BCUT2D eigenvalue weighted by Gasteiger charge is -2.30. The number of fused-ring (bicyclic) bond motifs is 1. The van der Waals surface area contributed by atoms with Crippen molar-refractivity contribution in [2.45, 2.75) is 57.6 Å². The number of likely N-dealkylation sites (tertiary alicyclic amines) is 1. The standard InChI is InChI=1S/C19H28N2O2/c1-14(19(22)20-16-10-12-21(2)13-11-16)23-18-9-5-7-15-6-3-4-8-17(15)18/h5,7,9,14,16H,3-4,6,8,10-13H2,1-2H3,(H,20,22)/t14-/m1/s1. The predicted molar refractivity (Wildman–Crippen MR) is 91.8 cm³/mol. The van der Waals surface area contributed by atoms with Gasteiger partial charge < -0.3 is 15.0 Å². The van der Waals surface area contributed by atoms with Gasteiger partial charge in [-0.25, -0.2) is 0 Å². The number of hydrogen-bond donors (Lipinski definition) is 1. The Bertz CT molecular complexity index is 550. The second-order valence-electron chi connectivity index (χ2n) is 6.95. The van der Waals surface area contributed by atoms with E-state index in [1.165, 1.54) is 24.0 Å². The monoisotopic (exact) mass is 316 g/mol. The number of piperidine rings is 1. The molecule has 0 aromatic heterocycles. The number of carbonyl (C=O) groups is 1. The van der Waals surface area contributed by atoms with Gasteiger partial charge in [-0.2, -0.15) is 0 Å². The van der Waals surface area contributed by atoms with Crippen LogP contribution in [0.3, 0.4) is 0 Å². The van der Waals surface area contributed by atoms with E-state index in [2.05, 4.69) is 23.3 Å². The fourth-order valence-corrected chi connectivity index (χ4v) is 3.57. The van der Waals surface area contributed by atoms with Crippen LogP contribution in [0.4, 0.5) is 0 Å². The maximum atomic E-state index is 12.4. The van der Waals surface area contributed by atoms with Gasteiger partial charge in [-0.05, 0) is 82.8 Å². The normalized spacial score (nSPS) is 20.6. The van der Waals surface area contributed by atoms with E-state index in [4.69, 9.17) is 4.74 Å². The number of nitrogens with one attached hydrogen (secondary N) is 1. The van der Waals surface area contributed by atoms with Gasteiger partial charge in [0.25, 0.3) is 5.91 Å². The zero-order valence-electron chi connectivity index (χ0n) is 14.3. The van der Waals surface area contributed by atoms with Gasteiger partial charge in [0, 0.05) is 6.04 Å². The highest BCUT2D eigenvalue weighted by atomic mass is 16.5. The number of carbonyl (C=O) groups excluding carboxylic acids is 1. The molecule has 1 aliphatic carbocycles. The minimum atomic E-state index is -0.442. The van der Waals surface area contributed by atoms with Crippen molar-refractivity contribution in [2.24, 2.45) is 0 Å². The molecule has 2 aliphatic rings. The molecule has 1 amide bonds. The van der Waals surface area contributed by atoms with Crippen LogP contribution < -0.4 is 10.1 Å². The number of hydrogen-bond acceptors (Lipinski definition) is 3. The van der Waals surface area contributed by atoms with Gasteiger partial charge in [0.1, 0.15) is 5.75 Å². The van der Waals surface area contributed by atoms with E-state index in [0.29, 0.717) is 0 Å². The minimum absolute atomic E-state index is 0.00738. The summed E-state index contributed by atoms with van der Waals surface area (Å²) < 4.78 is 6.01. The minimum Gasteiger partial charge on any atom is -0.481 e. The Labute approximate surface area is 139 Å². The average Bonchev–Trinajstić information content (AvgIpc) is 2.57. The summed E-state index contributed by atoms with van der Waals surface area (Å²) >= 11 is 0. The Hall–Kier alpha value is -1.55. The molecule has 1 N–H and O–H groups in total. The first-order valence-electron chi connectivity index (χ1n) is 8.90. The van der Waals surface area contributed by atoms with Crippen molar-refractivity contribution in [3.8, 4) is 5.75 Å². The van der Waals surface area contributed by atoms with E-state index in [1.807, 2.05) is 19.1 Å². The zero-order chi connectivity index (χ0) is 16.2. The number of aryl methyl sites for hydroxylation is 1. The highest BCUT2D eigenvalue weighted by Gasteiger charge is 2.23. The number of benzene rings is 1. The second-order valence-corrected chi connectivity index (χ2v) is 6.95. The summed E-state index contributed by atoms with van der Waals surface area (Å²) in [5.74, 6) is 0.904. The third-order valence-electron chi connectivity index (χ3n) is 5.09. The molecule has 1 fully saturated rings. The van der Waals surface area contributed by atoms with Gasteiger partial charge in [-0.3, -0.25) is 4.79 Å². The van der Waals surface area contributed by atoms with Crippen LogP contribution in [0.15, 0.2) is 18.2 Å². The van der Waals surface area contributed by atoms with Gasteiger partial charge in [0.05, 0.1) is 0 Å². The zero-order valence-corrected chi connectivity index (χ0v) is 14.3. The van der Waals surface area contributed by atoms with E-state index in [1.54, 1.807) is 0 Å². The average molecular weight is 316 g/mol. The van der Waals surface area contributed by atoms with Gasteiger partial charge in [-0.15, -0.1) is 0 Å². The maximum absolute atomic E-state index is 12.4. The van der Waals surface area contributed by atoms with E-state index < -0.39 is 6.10 Å². The molecular formula is C19H28N2O2. The topological polar surface area (TPSA) is 41.6 Å². The Morgan fingerprint density at radius 1 is 1.26 bits per heavy atom. The highest BCUT2D eigenvalue weighted by molar-refractivity contribution is 5.81. The fourth-order valence-electron chi connectivity index (χ4n) is 3.57. The van der Waals surface area contributed by atoms with Crippen LogP contribution in [-0.2, 0) is 17.6 Å². The quantitative estimate of drug-likeness (QED) is 0.928. The molecule has 4 nitrogen and oxygen atoms in total. The van der Waals surface area contributed by atoms with Crippen molar-refractivity contribution in [2.75, 3.05) is 20.1 Å². The van der Waals surface area contributed by atoms with Gasteiger partial charge >= 0.3 is 0 Å². The highest BCUT2D eigenvalue weighted by Crippen LogP contribution is 2.30. The molecule has 0 radical (unpaired) electrons. The van der Waals surface area contributed by atoms with Crippen molar-refractivity contribution >= 4 is 5.91 Å². The molecule has 1 aliphatic heterocycles. The summed E-state index contributed by atoms with van der Waals surface area (Å²) in [5, 5.41) is 3.15. The lowest BCUT2D eigenvalue weighted by atomic mass is 9.91. The molecule has 0 saturated carbocycles. The number of amides is 1. The van der Waals surface area contributed by atoms with Gasteiger partial charge in [0.15, 0.2) is 6.10 Å². The molecule has 23 heavy (non-hydrogen) atoms. The van der Waals surface area contributed by atoms with Crippen LogP contribution in [0.25, 0.3) is 0 Å². The number of rotatable bonds is 4. The van der Waals surface area contributed by atoms with Crippen molar-refractivity contribution < 1.29 is 9.53 Å². The summed E-state index contributed by atoms with van der Waals surface area (Å²) in [6.45, 7) is 3.95. The van der Waals surface area contributed by atoms with Crippen molar-refractivity contribution in [3.05, 3.63) is 29.3 Å². The van der Waals surface area contributed by atoms with Crippen LogP contribution in [-0.4, -0.2) is 43.1 Å². The van der Waals surface area contributed by atoms with Crippen LogP contribution in [0.1, 0.15) is 43.7 Å². The van der Waals surface area contributed by atoms with Crippen LogP contribution >= 0.6 is 0 Å². The van der Waals surface area contributed by atoms with Crippen molar-refractivity contribution in [1.82, 2.24) is 10.2 Å². The Morgan fingerprint density at radius 2 is 2.00 bits per heavy atom. The molecule has 4 heteroatoms. The van der Waals surface area contributed by atoms with Crippen molar-refractivity contribution in [3.63, 3.8) is 0 Å². The molecule has 1 aromatic rings. The molecule has 126 valence electrons. The van der Waals surface area contributed by atoms with E-state index in [-0.39, 0.29) is 11.9 Å². The molecule has 1 aromatic carbocycles. The van der Waals surface area contributed by atoms with Crippen LogP contribution in [0.5, 0.6) is 5.75 Å². The van der Waals surface area contributed by atoms with Gasteiger partial charge in [-0.1, -0.05) is 12.1 Å². The molecule has 0 unspecified atom stereocenters. The van der Waals surface area contributed by atoms with Crippen molar-refractivity contribution in [1.29, 1.82) is 0 Å². The molecule has 1 saturated heterocycles. The first-order chi connectivity index (χ1) is 11.1. The summed E-state index contributed by atoms with van der Waals surface area (Å²) in [6.07, 6.45) is 6.26. The largest absolute Gasteiger partial charge is 0.481 e. The smallest absolute Gasteiger partial charge is 0.260 e. The first-order valence-corrected chi connectivity index (χ1v) is 8.90. The van der Waals surface area contributed by atoms with E-state index in [0.717, 1.165) is 44.5 Å². The van der Waals surface area contributed by atoms with Gasteiger partial charge in [0.2, 0.25) is 0 Å². The Morgan fingerprint density at radius 3 is 2.78 bits per heavy atom. The Balaban J connectivity index is 1.58. The Kier molecular flexibility index (Phi) is 5.21. The SMILES string of the molecule is C[C@@H](Oc1cccc2c1CCCC2)C(=O)NC1CCN(C)CC1. The summed E-state index contributed by atoms with van der Waals surface area (Å²) in [6, 6.07) is 6.52. The molecule has 1 atom stereocenters. The number of ether oxygens (including phenoxy) is 1. The predicted octanol–water partition coefficient (Wildman–Crippen LogP) is 2.54. The second kappa shape index (κ2) is 7.35. The lowest BCUT2D eigenvalue weighted by molar-refractivity contribution is -0.128. The lowest BCUT2D eigenvalue weighted by Crippen LogP contribution is -2.47. The molecule has 3 rings (SSSR count). The van der Waals surface area contributed by atoms with E-state index in [9.17, 15) is 4.79 Å². The molecule has 1 heterocycles. The van der Waals surface area contributed by atoms with Crippen LogP contribution in [0.2, 0.25) is 0 Å². The molecule has 0 bridgehead atoms. The number of nitrogens with zero attached hydrogens (tertiary/aromatic N) is 1. The maximum Gasteiger partial charge on any atom is 0.260 e. The van der Waals surface area contributed by atoms with E-state index >= 15 is 0 Å². The first kappa shape index (κ1) is 16.3. The van der Waals surface area contributed by atoms with Crippen LogP contribution in [0, 0.1) is 0 Å². The third kappa shape index (κ3) is 4.05. The fraction of sp³-hybridized carbons (Fsp3) is 0.632. The molecule has 0 spiro atoms. The summed E-state index contributed by atoms with van der Waals surface area (Å²) in [4.78, 5) is 14.7. The summed E-state index contributed by atoms with van der Waals surface area (Å²) in [5.41, 5.74) is 2.69.